The molecule has 0 saturated carbocycles. The van der Waals surface area contributed by atoms with Crippen LogP contribution in [0, 0.1) is 6.92 Å². The largest absolute Gasteiger partial charge is 0.370 e. The van der Waals surface area contributed by atoms with Crippen LogP contribution in [0.1, 0.15) is 41.4 Å². The molecule has 1 N–H and O–H groups in total. The van der Waals surface area contributed by atoms with Crippen LogP contribution in [0.3, 0.4) is 0 Å². The van der Waals surface area contributed by atoms with Crippen LogP contribution in [0.2, 0.25) is 0 Å². The van der Waals surface area contributed by atoms with Crippen molar-refractivity contribution in [2.45, 2.75) is 39.5 Å². The number of hydrogen-bond donors (Lipinski definition) is 1. The molecule has 2 aromatic heterocycles. The van der Waals surface area contributed by atoms with E-state index in [4.69, 9.17) is 4.74 Å². The Kier molecular flexibility index (Phi) is 5.15. The topological polar surface area (TPSA) is 72.3 Å². The zero-order chi connectivity index (χ0) is 17.1. The molecule has 1 aliphatic heterocycles. The number of thiazole rings is 1. The van der Waals surface area contributed by atoms with Gasteiger partial charge in [-0.1, -0.05) is 0 Å². The van der Waals surface area contributed by atoms with Crippen molar-refractivity contribution in [3.8, 4) is 0 Å². The van der Waals surface area contributed by atoms with Gasteiger partial charge in [0.1, 0.15) is 11.1 Å². The molecule has 0 radical (unpaired) electrons. The van der Waals surface area contributed by atoms with E-state index in [9.17, 15) is 4.79 Å². The highest BCUT2D eigenvalue weighted by molar-refractivity contribution is 7.11. The van der Waals surface area contributed by atoms with Crippen molar-refractivity contribution in [2.75, 3.05) is 19.7 Å². The normalized spacial score (nSPS) is 19.3. The predicted molar refractivity (Wildman–Crippen MR) is 92.0 cm³/mol. The van der Waals surface area contributed by atoms with E-state index in [1.807, 2.05) is 44.0 Å². The predicted octanol–water partition coefficient (Wildman–Crippen LogP) is 2.51. The molecule has 130 valence electrons. The maximum Gasteiger partial charge on any atom is 0.318 e. The van der Waals surface area contributed by atoms with E-state index >= 15 is 0 Å². The molecular weight excluding hydrogens is 326 g/mol. The fraction of sp³-hybridized carbons (Fsp3) is 0.562. The van der Waals surface area contributed by atoms with Gasteiger partial charge in [0.25, 0.3) is 0 Å². The number of aryl methyl sites for hydroxylation is 2. The summed E-state index contributed by atoms with van der Waals surface area (Å²) in [6.07, 6.45) is 5.50. The van der Waals surface area contributed by atoms with Gasteiger partial charge in [-0.05, 0) is 20.8 Å². The number of aromatic nitrogens is 3. The van der Waals surface area contributed by atoms with E-state index in [1.54, 1.807) is 16.2 Å². The van der Waals surface area contributed by atoms with Crippen LogP contribution in [-0.2, 0) is 11.3 Å². The van der Waals surface area contributed by atoms with Gasteiger partial charge in [0.05, 0.1) is 25.4 Å². The highest BCUT2D eigenvalue weighted by atomic mass is 32.1. The third kappa shape index (κ3) is 3.76. The SMILES string of the molecule is CCn1cc(C2CN(C(=O)NC(C)c3ncc(C)s3)CCO2)cn1. The van der Waals surface area contributed by atoms with E-state index < -0.39 is 0 Å². The first kappa shape index (κ1) is 16.9. The minimum absolute atomic E-state index is 0.0773. The summed E-state index contributed by atoms with van der Waals surface area (Å²) in [5.74, 6) is 0. The van der Waals surface area contributed by atoms with Gasteiger partial charge in [0.2, 0.25) is 0 Å². The van der Waals surface area contributed by atoms with Gasteiger partial charge < -0.3 is 15.0 Å². The second-order valence-electron chi connectivity index (χ2n) is 5.92. The van der Waals surface area contributed by atoms with Crippen LogP contribution in [0.25, 0.3) is 0 Å². The lowest BCUT2D eigenvalue weighted by Crippen LogP contribution is -2.47. The molecule has 3 rings (SSSR count). The van der Waals surface area contributed by atoms with Crippen molar-refractivity contribution in [1.82, 2.24) is 25.0 Å². The molecule has 2 amide bonds. The summed E-state index contributed by atoms with van der Waals surface area (Å²) in [4.78, 5) is 19.8. The Balaban J connectivity index is 1.60. The van der Waals surface area contributed by atoms with E-state index in [2.05, 4.69) is 15.4 Å². The highest BCUT2D eigenvalue weighted by Crippen LogP contribution is 2.23. The van der Waals surface area contributed by atoms with Gasteiger partial charge in [-0.2, -0.15) is 5.10 Å². The zero-order valence-corrected chi connectivity index (χ0v) is 15.0. The second kappa shape index (κ2) is 7.31. The molecule has 0 aromatic carbocycles. The lowest BCUT2D eigenvalue weighted by atomic mass is 10.1. The van der Waals surface area contributed by atoms with Crippen LogP contribution >= 0.6 is 11.3 Å². The van der Waals surface area contributed by atoms with E-state index in [0.717, 1.165) is 22.0 Å². The Bertz CT molecular complexity index is 698. The number of carbonyl (C=O) groups excluding carboxylic acids is 1. The Labute approximate surface area is 145 Å². The van der Waals surface area contributed by atoms with Gasteiger partial charge >= 0.3 is 6.03 Å². The fourth-order valence-corrected chi connectivity index (χ4v) is 3.44. The molecule has 2 unspecified atom stereocenters. The Hall–Kier alpha value is -1.93. The van der Waals surface area contributed by atoms with E-state index in [-0.39, 0.29) is 18.2 Å². The van der Waals surface area contributed by atoms with Crippen LogP contribution in [0.15, 0.2) is 18.6 Å². The Morgan fingerprint density at radius 3 is 3.04 bits per heavy atom. The molecule has 1 fully saturated rings. The molecule has 24 heavy (non-hydrogen) atoms. The smallest absolute Gasteiger partial charge is 0.318 e. The maximum absolute atomic E-state index is 12.5. The molecule has 2 aromatic rings. The van der Waals surface area contributed by atoms with Gasteiger partial charge in [-0.15, -0.1) is 11.3 Å². The summed E-state index contributed by atoms with van der Waals surface area (Å²) in [5, 5.41) is 8.23. The molecule has 7 nitrogen and oxygen atoms in total. The number of hydrogen-bond acceptors (Lipinski definition) is 5. The van der Waals surface area contributed by atoms with Crippen LogP contribution < -0.4 is 5.32 Å². The van der Waals surface area contributed by atoms with Crippen molar-refractivity contribution in [3.63, 3.8) is 0 Å². The van der Waals surface area contributed by atoms with Crippen molar-refractivity contribution in [3.05, 3.63) is 34.0 Å². The van der Waals surface area contributed by atoms with Crippen LogP contribution in [-0.4, -0.2) is 45.4 Å². The van der Waals surface area contributed by atoms with Crippen molar-refractivity contribution in [2.24, 2.45) is 0 Å². The lowest BCUT2D eigenvalue weighted by Gasteiger charge is -2.33. The van der Waals surface area contributed by atoms with E-state index in [0.29, 0.717) is 19.7 Å². The number of carbonyl (C=O) groups is 1. The summed E-state index contributed by atoms with van der Waals surface area (Å²) >= 11 is 1.61. The average molecular weight is 349 g/mol. The molecule has 1 aliphatic rings. The first-order chi connectivity index (χ1) is 11.6. The minimum atomic E-state index is -0.123. The lowest BCUT2D eigenvalue weighted by molar-refractivity contribution is -0.0157. The van der Waals surface area contributed by atoms with Crippen LogP contribution in [0.5, 0.6) is 0 Å². The third-order valence-electron chi connectivity index (χ3n) is 4.05. The molecule has 0 spiro atoms. The number of amides is 2. The third-order valence-corrected chi connectivity index (χ3v) is 5.15. The number of ether oxygens (including phenoxy) is 1. The number of nitrogens with one attached hydrogen (secondary N) is 1. The fourth-order valence-electron chi connectivity index (χ4n) is 2.66. The maximum atomic E-state index is 12.5. The van der Waals surface area contributed by atoms with Gasteiger partial charge in [-0.3, -0.25) is 4.68 Å². The van der Waals surface area contributed by atoms with Crippen LogP contribution in [0.4, 0.5) is 4.79 Å². The minimum Gasteiger partial charge on any atom is -0.370 e. The van der Waals surface area contributed by atoms with E-state index in [1.165, 1.54) is 0 Å². The van der Waals surface area contributed by atoms with Gasteiger partial charge in [0, 0.05) is 35.9 Å². The highest BCUT2D eigenvalue weighted by Gasteiger charge is 2.27. The molecular formula is C16H23N5O2S. The Morgan fingerprint density at radius 1 is 1.54 bits per heavy atom. The summed E-state index contributed by atoms with van der Waals surface area (Å²) < 4.78 is 7.68. The second-order valence-corrected chi connectivity index (χ2v) is 7.18. The monoisotopic (exact) mass is 349 g/mol. The molecule has 2 atom stereocenters. The standard InChI is InChI=1S/C16H23N5O2S/c1-4-21-9-13(8-18-21)14-10-20(5-6-23-14)16(22)19-12(3)15-17-7-11(2)24-15/h7-9,12,14H,4-6,10H2,1-3H3,(H,19,22). The summed E-state index contributed by atoms with van der Waals surface area (Å²) in [7, 11) is 0. The average Bonchev–Trinajstić information content (AvgIpc) is 3.23. The van der Waals surface area contributed by atoms with Gasteiger partial charge in [0.15, 0.2) is 0 Å². The molecule has 1 saturated heterocycles. The molecule has 8 heteroatoms. The number of urea groups is 1. The first-order valence-corrected chi connectivity index (χ1v) is 9.00. The summed E-state index contributed by atoms with van der Waals surface area (Å²) in [6, 6.07) is -0.174. The molecule has 3 heterocycles. The zero-order valence-electron chi connectivity index (χ0n) is 14.2. The summed E-state index contributed by atoms with van der Waals surface area (Å²) in [6.45, 7) is 8.48. The quantitative estimate of drug-likeness (QED) is 0.920. The number of rotatable bonds is 4. The Morgan fingerprint density at radius 2 is 2.38 bits per heavy atom. The van der Waals surface area contributed by atoms with Crippen molar-refractivity contribution in [1.29, 1.82) is 0 Å². The number of morpholine rings is 1. The molecule has 0 aliphatic carbocycles. The van der Waals surface area contributed by atoms with Crippen molar-refractivity contribution >= 4 is 17.4 Å². The first-order valence-electron chi connectivity index (χ1n) is 8.18. The van der Waals surface area contributed by atoms with Crippen molar-refractivity contribution < 1.29 is 9.53 Å². The number of nitrogens with zero attached hydrogens (tertiary/aromatic N) is 4. The summed E-state index contributed by atoms with van der Waals surface area (Å²) in [5.41, 5.74) is 1.01. The molecule has 0 bridgehead atoms. The van der Waals surface area contributed by atoms with Gasteiger partial charge in [-0.25, -0.2) is 9.78 Å².